The molecular weight excluding hydrogens is 513 g/mol. The number of nitro groups is 1. The molecule has 3 aromatic rings. The molecule has 1 aliphatic heterocycles. The monoisotopic (exact) mass is 527 g/mol. The summed E-state index contributed by atoms with van der Waals surface area (Å²) in [5.41, 5.74) is 0.826. The van der Waals surface area contributed by atoms with Crippen molar-refractivity contribution in [3.8, 4) is 0 Å². The molecule has 35 heavy (non-hydrogen) atoms. The number of nitrogens with zero attached hydrogens (tertiary/aromatic N) is 5. The first-order valence-corrected chi connectivity index (χ1v) is 12.4. The molecule has 2 heterocycles. The Kier molecular flexibility index (Phi) is 6.54. The molecule has 2 aliphatic rings. The molecule has 2 fully saturated rings. The normalized spacial score (nSPS) is 18.0. The lowest BCUT2D eigenvalue weighted by Crippen LogP contribution is -2.31. The standard InChI is InChI=1S/C23H15ClFN5O3S2/c24-16-12-14(3-6-17(16)25)28-23-29(15-4-5-15)21(31)20(35-23)11-13-2-7-19(18(10-13)30(32)33)34-22-26-8-1-9-27-22/h1-3,6-12,15H,4-5H2/b20-11-,28-23?. The van der Waals surface area contributed by atoms with Gasteiger partial charge in [-0.15, -0.1) is 0 Å². The first-order chi connectivity index (χ1) is 16.9. The van der Waals surface area contributed by atoms with Crippen molar-refractivity contribution in [2.75, 3.05) is 0 Å². The van der Waals surface area contributed by atoms with Gasteiger partial charge in [0.1, 0.15) is 5.82 Å². The van der Waals surface area contributed by atoms with Crippen LogP contribution in [0.3, 0.4) is 0 Å². The van der Waals surface area contributed by atoms with Gasteiger partial charge in [-0.1, -0.05) is 17.7 Å². The molecule has 12 heteroatoms. The summed E-state index contributed by atoms with van der Waals surface area (Å²) in [6, 6.07) is 10.6. The number of hydrogen-bond acceptors (Lipinski definition) is 8. The number of aliphatic imine (C=N–C) groups is 1. The number of halogens is 2. The summed E-state index contributed by atoms with van der Waals surface area (Å²) in [5.74, 6) is -0.768. The summed E-state index contributed by atoms with van der Waals surface area (Å²) in [7, 11) is 0. The minimum atomic E-state index is -0.549. The van der Waals surface area contributed by atoms with E-state index in [1.54, 1.807) is 41.6 Å². The van der Waals surface area contributed by atoms with E-state index >= 15 is 0 Å². The SMILES string of the molecule is O=C1/C(=C/c2ccc(Sc3ncccn3)c([N+](=O)[O-])c2)SC(=Nc2ccc(F)c(Cl)c2)N1C1CC1. The van der Waals surface area contributed by atoms with E-state index in [-0.39, 0.29) is 22.7 Å². The number of aromatic nitrogens is 2. The minimum absolute atomic E-state index is 0.0505. The largest absolute Gasteiger partial charge is 0.283 e. The molecule has 5 rings (SSSR count). The minimum Gasteiger partial charge on any atom is -0.283 e. The van der Waals surface area contributed by atoms with E-state index in [0.717, 1.165) is 24.6 Å². The van der Waals surface area contributed by atoms with Gasteiger partial charge < -0.3 is 0 Å². The number of carbonyl (C=O) groups excluding carboxylic acids is 1. The molecule has 0 spiro atoms. The fraction of sp³-hybridized carbons (Fsp3) is 0.130. The summed E-state index contributed by atoms with van der Waals surface area (Å²) >= 11 is 8.13. The van der Waals surface area contributed by atoms with E-state index in [4.69, 9.17) is 11.6 Å². The zero-order chi connectivity index (χ0) is 24.5. The van der Waals surface area contributed by atoms with Gasteiger partial charge in [-0.25, -0.2) is 19.4 Å². The molecule has 8 nitrogen and oxygen atoms in total. The average Bonchev–Trinajstić information content (AvgIpc) is 3.63. The number of hydrogen-bond donors (Lipinski definition) is 0. The van der Waals surface area contributed by atoms with Crippen molar-refractivity contribution in [3.05, 3.63) is 86.3 Å². The fourth-order valence-electron chi connectivity index (χ4n) is 3.33. The lowest BCUT2D eigenvalue weighted by atomic mass is 10.2. The van der Waals surface area contributed by atoms with Gasteiger partial charge >= 0.3 is 0 Å². The summed E-state index contributed by atoms with van der Waals surface area (Å²) in [5, 5.41) is 12.5. The third-order valence-electron chi connectivity index (χ3n) is 5.10. The summed E-state index contributed by atoms with van der Waals surface area (Å²) in [6.45, 7) is 0. The van der Waals surface area contributed by atoms with Crippen molar-refractivity contribution < 1.29 is 14.1 Å². The lowest BCUT2D eigenvalue weighted by molar-refractivity contribution is -0.387. The van der Waals surface area contributed by atoms with Crippen LogP contribution in [0.1, 0.15) is 18.4 Å². The van der Waals surface area contributed by atoms with Gasteiger partial charge in [-0.2, -0.15) is 0 Å². The molecule has 1 saturated heterocycles. The molecule has 0 radical (unpaired) electrons. The highest BCUT2D eigenvalue weighted by atomic mass is 35.5. The Balaban J connectivity index is 1.46. The topological polar surface area (TPSA) is 102 Å². The third kappa shape index (κ3) is 5.21. The molecular formula is C23H15ClFN5O3S2. The first kappa shape index (κ1) is 23.5. The molecule has 1 saturated carbocycles. The van der Waals surface area contributed by atoms with Gasteiger partial charge in [-0.3, -0.25) is 19.8 Å². The zero-order valence-corrected chi connectivity index (χ0v) is 20.2. The number of amidine groups is 1. The Morgan fingerprint density at radius 1 is 1.23 bits per heavy atom. The van der Waals surface area contributed by atoms with Crippen LogP contribution in [0.15, 0.2) is 74.8 Å². The van der Waals surface area contributed by atoms with Gasteiger partial charge in [-0.05, 0) is 78.3 Å². The van der Waals surface area contributed by atoms with Crippen LogP contribution >= 0.6 is 35.1 Å². The van der Waals surface area contributed by atoms with Gasteiger partial charge in [0, 0.05) is 24.5 Å². The number of thioether (sulfide) groups is 1. The predicted molar refractivity (Wildman–Crippen MR) is 133 cm³/mol. The number of nitro benzene ring substituents is 1. The van der Waals surface area contributed by atoms with Gasteiger partial charge in [0.25, 0.3) is 11.6 Å². The molecule has 0 N–H and O–H groups in total. The van der Waals surface area contributed by atoms with Crippen LogP contribution < -0.4 is 0 Å². The van der Waals surface area contributed by atoms with Crippen LogP contribution in [0.25, 0.3) is 6.08 Å². The number of benzene rings is 2. The molecule has 1 aromatic heterocycles. The van der Waals surface area contributed by atoms with Crippen molar-refractivity contribution in [2.24, 2.45) is 4.99 Å². The average molecular weight is 528 g/mol. The zero-order valence-electron chi connectivity index (χ0n) is 17.8. The smallest absolute Gasteiger partial charge is 0.283 e. The molecule has 2 aromatic carbocycles. The van der Waals surface area contributed by atoms with E-state index in [9.17, 15) is 19.3 Å². The number of rotatable bonds is 6. The number of amides is 1. The highest BCUT2D eigenvalue weighted by Gasteiger charge is 2.43. The van der Waals surface area contributed by atoms with E-state index in [1.165, 1.54) is 36.0 Å². The Labute approximate surface area is 212 Å². The van der Waals surface area contributed by atoms with Crippen LogP contribution in [-0.4, -0.2) is 36.9 Å². The lowest BCUT2D eigenvalue weighted by Gasteiger charge is -2.14. The second kappa shape index (κ2) is 9.76. The summed E-state index contributed by atoms with van der Waals surface area (Å²) < 4.78 is 13.5. The Morgan fingerprint density at radius 2 is 2.00 bits per heavy atom. The highest BCUT2D eigenvalue weighted by molar-refractivity contribution is 8.18. The number of carbonyl (C=O) groups is 1. The van der Waals surface area contributed by atoms with E-state index < -0.39 is 10.7 Å². The van der Waals surface area contributed by atoms with Gasteiger partial charge in [0.05, 0.1) is 25.4 Å². The van der Waals surface area contributed by atoms with Crippen LogP contribution in [-0.2, 0) is 4.79 Å². The quantitative estimate of drug-likeness (QED) is 0.165. The Bertz CT molecular complexity index is 1400. The second-order valence-corrected chi connectivity index (χ2v) is 10.1. The molecule has 1 amide bonds. The van der Waals surface area contributed by atoms with Crippen molar-refractivity contribution in [2.45, 2.75) is 28.9 Å². The van der Waals surface area contributed by atoms with Gasteiger partial charge in [0.15, 0.2) is 10.3 Å². The van der Waals surface area contributed by atoms with E-state index in [0.29, 0.717) is 31.4 Å². The van der Waals surface area contributed by atoms with Crippen LogP contribution in [0, 0.1) is 15.9 Å². The van der Waals surface area contributed by atoms with Crippen LogP contribution in [0.4, 0.5) is 15.8 Å². The van der Waals surface area contributed by atoms with E-state index in [2.05, 4.69) is 15.0 Å². The molecule has 176 valence electrons. The van der Waals surface area contributed by atoms with Crippen molar-refractivity contribution >= 4 is 63.7 Å². The third-order valence-corrected chi connectivity index (χ3v) is 7.33. The van der Waals surface area contributed by atoms with Gasteiger partial charge in [0.2, 0.25) is 0 Å². The first-order valence-electron chi connectivity index (χ1n) is 10.4. The molecule has 0 atom stereocenters. The Hall–Kier alpha value is -3.28. The Morgan fingerprint density at radius 3 is 2.69 bits per heavy atom. The van der Waals surface area contributed by atoms with Crippen LogP contribution in [0.5, 0.6) is 0 Å². The highest BCUT2D eigenvalue weighted by Crippen LogP contribution is 2.42. The van der Waals surface area contributed by atoms with Crippen LogP contribution in [0.2, 0.25) is 5.02 Å². The molecule has 0 bridgehead atoms. The van der Waals surface area contributed by atoms with Crippen molar-refractivity contribution in [1.82, 2.24) is 14.9 Å². The summed E-state index contributed by atoms with van der Waals surface area (Å²) in [4.78, 5) is 39.5. The maximum atomic E-state index is 13.5. The van der Waals surface area contributed by atoms with Crippen molar-refractivity contribution in [1.29, 1.82) is 0 Å². The maximum absolute atomic E-state index is 13.5. The maximum Gasteiger partial charge on any atom is 0.283 e. The molecule has 0 unspecified atom stereocenters. The predicted octanol–water partition coefficient (Wildman–Crippen LogP) is 6.09. The van der Waals surface area contributed by atoms with E-state index in [1.807, 2.05) is 0 Å². The second-order valence-electron chi connectivity index (χ2n) is 7.63. The summed E-state index contributed by atoms with van der Waals surface area (Å²) in [6.07, 6.45) is 6.47. The fourth-order valence-corrected chi connectivity index (χ4v) is 5.36. The van der Waals surface area contributed by atoms with Crippen molar-refractivity contribution in [3.63, 3.8) is 0 Å². The molecule has 1 aliphatic carbocycles.